The number of thiophene rings is 1. The smallest absolute Gasteiger partial charge is 0.337 e. The van der Waals surface area contributed by atoms with Gasteiger partial charge in [0.25, 0.3) is 5.56 Å². The molecule has 0 saturated heterocycles. The van der Waals surface area contributed by atoms with Gasteiger partial charge in [0.05, 0.1) is 24.4 Å². The summed E-state index contributed by atoms with van der Waals surface area (Å²) in [6.45, 7) is 1.63. The summed E-state index contributed by atoms with van der Waals surface area (Å²) in [6, 6.07) is 15.2. The third-order valence-electron chi connectivity index (χ3n) is 4.95. The van der Waals surface area contributed by atoms with Crippen LogP contribution in [-0.4, -0.2) is 28.5 Å². The van der Waals surface area contributed by atoms with Gasteiger partial charge in [-0.2, -0.15) is 0 Å². The number of nitrogens with one attached hydrogen (secondary N) is 1. The molecule has 2 aromatic heterocycles. The van der Waals surface area contributed by atoms with Crippen LogP contribution < -0.4 is 10.9 Å². The number of methoxy groups -OCH3 is 1. The number of rotatable bonds is 5. The van der Waals surface area contributed by atoms with Gasteiger partial charge in [0.15, 0.2) is 0 Å². The summed E-state index contributed by atoms with van der Waals surface area (Å²) in [5.41, 5.74) is 2.19. The van der Waals surface area contributed by atoms with Crippen molar-refractivity contribution in [3.8, 4) is 11.1 Å². The normalized spacial score (nSPS) is 11.8. The number of hydrogen-bond donors (Lipinski definition) is 1. The van der Waals surface area contributed by atoms with E-state index in [1.807, 2.05) is 35.7 Å². The fourth-order valence-corrected chi connectivity index (χ4v) is 4.17. The fourth-order valence-electron chi connectivity index (χ4n) is 3.27. The molecule has 0 aliphatic carbocycles. The SMILES string of the molecule is COC(=O)c1cccc(NC(=O)C(C)n2cnc3scc(-c4ccccc4)c3c2=O)c1. The Bertz CT molecular complexity index is 1330. The molecule has 0 aliphatic heterocycles. The van der Waals surface area contributed by atoms with Crippen molar-refractivity contribution in [3.63, 3.8) is 0 Å². The van der Waals surface area contributed by atoms with Gasteiger partial charge in [-0.1, -0.05) is 36.4 Å². The molecule has 4 rings (SSSR count). The summed E-state index contributed by atoms with van der Waals surface area (Å²) in [7, 11) is 1.29. The number of nitrogens with zero attached hydrogens (tertiary/aromatic N) is 2. The highest BCUT2D eigenvalue weighted by atomic mass is 32.1. The standard InChI is InChI=1S/C23H19N3O4S/c1-14(20(27)25-17-10-6-9-16(11-17)23(29)30-2)26-13-24-21-19(22(26)28)18(12-31-21)15-7-4-3-5-8-15/h3-14H,1-2H3,(H,25,27). The maximum Gasteiger partial charge on any atom is 0.337 e. The Morgan fingerprint density at radius 1 is 1.13 bits per heavy atom. The molecule has 0 saturated carbocycles. The Balaban J connectivity index is 1.66. The molecule has 0 bridgehead atoms. The van der Waals surface area contributed by atoms with Crippen molar-refractivity contribution in [2.75, 3.05) is 12.4 Å². The summed E-state index contributed by atoms with van der Waals surface area (Å²) >= 11 is 1.39. The van der Waals surface area contributed by atoms with Crippen molar-refractivity contribution in [3.05, 3.63) is 82.2 Å². The Hall–Kier alpha value is -3.78. The molecule has 7 nitrogen and oxygen atoms in total. The van der Waals surface area contributed by atoms with Crippen LogP contribution in [0.3, 0.4) is 0 Å². The predicted octanol–water partition coefficient (Wildman–Crippen LogP) is 4.11. The largest absolute Gasteiger partial charge is 0.465 e. The minimum absolute atomic E-state index is 0.281. The molecule has 0 radical (unpaired) electrons. The summed E-state index contributed by atoms with van der Waals surface area (Å²) in [6.07, 6.45) is 1.39. The number of carbonyl (C=O) groups is 2. The van der Waals surface area contributed by atoms with E-state index in [2.05, 4.69) is 10.3 Å². The van der Waals surface area contributed by atoms with E-state index < -0.39 is 17.9 Å². The zero-order valence-electron chi connectivity index (χ0n) is 16.9. The van der Waals surface area contributed by atoms with Gasteiger partial charge in [-0.3, -0.25) is 14.2 Å². The third kappa shape index (κ3) is 3.97. The maximum atomic E-state index is 13.3. The number of hydrogen-bond acceptors (Lipinski definition) is 6. The highest BCUT2D eigenvalue weighted by molar-refractivity contribution is 7.17. The minimum Gasteiger partial charge on any atom is -0.465 e. The molecule has 1 unspecified atom stereocenters. The molecule has 0 aliphatic rings. The van der Waals surface area contributed by atoms with Gasteiger partial charge in [-0.15, -0.1) is 11.3 Å². The number of fused-ring (bicyclic) bond motifs is 1. The van der Waals surface area contributed by atoms with Crippen LogP contribution in [0, 0.1) is 0 Å². The Kier molecular flexibility index (Phi) is 5.64. The van der Waals surface area contributed by atoms with E-state index in [-0.39, 0.29) is 5.56 Å². The fraction of sp³-hybridized carbons (Fsp3) is 0.130. The molecule has 8 heteroatoms. The molecule has 31 heavy (non-hydrogen) atoms. The van der Waals surface area contributed by atoms with Crippen molar-refractivity contribution in [2.45, 2.75) is 13.0 Å². The van der Waals surface area contributed by atoms with E-state index >= 15 is 0 Å². The molecule has 1 atom stereocenters. The van der Waals surface area contributed by atoms with Crippen LogP contribution >= 0.6 is 11.3 Å². The van der Waals surface area contributed by atoms with Gasteiger partial charge >= 0.3 is 5.97 Å². The minimum atomic E-state index is -0.810. The monoisotopic (exact) mass is 433 g/mol. The van der Waals surface area contributed by atoms with Crippen molar-refractivity contribution in [2.24, 2.45) is 0 Å². The first-order chi connectivity index (χ1) is 15.0. The molecular weight excluding hydrogens is 414 g/mol. The van der Waals surface area contributed by atoms with Crippen LogP contribution in [0.5, 0.6) is 0 Å². The lowest BCUT2D eigenvalue weighted by Crippen LogP contribution is -2.31. The first-order valence-electron chi connectivity index (χ1n) is 9.52. The van der Waals surface area contributed by atoms with E-state index in [1.54, 1.807) is 25.1 Å². The average Bonchev–Trinajstić information content (AvgIpc) is 3.24. The van der Waals surface area contributed by atoms with Gasteiger partial charge in [-0.25, -0.2) is 9.78 Å². The molecule has 2 heterocycles. The summed E-state index contributed by atoms with van der Waals surface area (Å²) in [4.78, 5) is 42.8. The second-order valence-corrected chi connectivity index (χ2v) is 7.75. The number of aromatic nitrogens is 2. The second kappa shape index (κ2) is 8.53. The van der Waals surface area contributed by atoms with Crippen molar-refractivity contribution in [1.82, 2.24) is 9.55 Å². The van der Waals surface area contributed by atoms with E-state index in [9.17, 15) is 14.4 Å². The lowest BCUT2D eigenvalue weighted by Gasteiger charge is -2.15. The second-order valence-electron chi connectivity index (χ2n) is 6.89. The van der Waals surface area contributed by atoms with Crippen LogP contribution in [0.1, 0.15) is 23.3 Å². The summed E-state index contributed by atoms with van der Waals surface area (Å²) in [5, 5.41) is 5.14. The number of carbonyl (C=O) groups excluding carboxylic acids is 2. The van der Waals surface area contributed by atoms with Crippen LogP contribution in [0.25, 0.3) is 21.3 Å². The molecule has 0 fully saturated rings. The molecular formula is C23H19N3O4S. The van der Waals surface area contributed by atoms with E-state index in [0.29, 0.717) is 21.5 Å². The predicted molar refractivity (Wildman–Crippen MR) is 120 cm³/mol. The first kappa shape index (κ1) is 20.5. The molecule has 1 amide bonds. The summed E-state index contributed by atoms with van der Waals surface area (Å²) in [5.74, 6) is -0.900. The molecule has 1 N–H and O–H groups in total. The molecule has 4 aromatic rings. The van der Waals surface area contributed by atoms with Gasteiger partial charge in [0.2, 0.25) is 5.91 Å². The van der Waals surface area contributed by atoms with Crippen molar-refractivity contribution in [1.29, 1.82) is 0 Å². The quantitative estimate of drug-likeness (QED) is 0.479. The number of esters is 1. The third-order valence-corrected chi connectivity index (χ3v) is 5.84. The number of amides is 1. The van der Waals surface area contributed by atoms with Gasteiger partial charge in [-0.05, 0) is 30.7 Å². The number of benzene rings is 2. The van der Waals surface area contributed by atoms with Gasteiger partial charge in [0, 0.05) is 16.6 Å². The van der Waals surface area contributed by atoms with Crippen LogP contribution in [0.4, 0.5) is 5.69 Å². The van der Waals surface area contributed by atoms with Crippen molar-refractivity contribution >= 4 is 39.1 Å². The Labute approximate surface area is 181 Å². The molecule has 156 valence electrons. The van der Waals surface area contributed by atoms with Gasteiger partial charge in [0.1, 0.15) is 10.9 Å². The number of anilines is 1. The summed E-state index contributed by atoms with van der Waals surface area (Å²) < 4.78 is 6.03. The van der Waals surface area contributed by atoms with E-state index in [4.69, 9.17) is 4.74 Å². The van der Waals surface area contributed by atoms with Crippen molar-refractivity contribution < 1.29 is 14.3 Å². The highest BCUT2D eigenvalue weighted by Crippen LogP contribution is 2.30. The first-order valence-corrected chi connectivity index (χ1v) is 10.4. The zero-order valence-corrected chi connectivity index (χ0v) is 17.7. The Morgan fingerprint density at radius 3 is 2.65 bits per heavy atom. The molecule has 2 aromatic carbocycles. The van der Waals surface area contributed by atoms with Crippen LogP contribution in [-0.2, 0) is 9.53 Å². The van der Waals surface area contributed by atoms with Crippen LogP contribution in [0.2, 0.25) is 0 Å². The van der Waals surface area contributed by atoms with Gasteiger partial charge < -0.3 is 10.1 Å². The van der Waals surface area contributed by atoms with E-state index in [1.165, 1.54) is 35.4 Å². The number of ether oxygens (including phenoxy) is 1. The Morgan fingerprint density at radius 2 is 1.90 bits per heavy atom. The van der Waals surface area contributed by atoms with Crippen LogP contribution in [0.15, 0.2) is 71.1 Å². The average molecular weight is 433 g/mol. The lowest BCUT2D eigenvalue weighted by atomic mass is 10.1. The lowest BCUT2D eigenvalue weighted by molar-refractivity contribution is -0.118. The topological polar surface area (TPSA) is 90.3 Å². The highest BCUT2D eigenvalue weighted by Gasteiger charge is 2.20. The maximum absolute atomic E-state index is 13.3. The molecule has 0 spiro atoms. The van der Waals surface area contributed by atoms with E-state index in [0.717, 1.165) is 11.1 Å². The zero-order chi connectivity index (χ0) is 22.0.